The fourth-order valence-corrected chi connectivity index (χ4v) is 1.64. The van der Waals surface area contributed by atoms with Crippen LogP contribution in [0.4, 0.5) is 9.59 Å². The van der Waals surface area contributed by atoms with Gasteiger partial charge in [-0.05, 0) is 32.7 Å². The van der Waals surface area contributed by atoms with E-state index >= 15 is 0 Å². The molecule has 0 aliphatic carbocycles. The molecule has 1 rings (SSSR count). The molecule has 1 heterocycles. The summed E-state index contributed by atoms with van der Waals surface area (Å²) in [7, 11) is 0. The molecule has 2 N–H and O–H groups in total. The largest absolute Gasteiger partial charge is 0.426 e. The van der Waals surface area contributed by atoms with Crippen LogP contribution in [0.2, 0.25) is 0 Å². The van der Waals surface area contributed by atoms with Gasteiger partial charge in [0.25, 0.3) is 0 Å². The third-order valence-electron chi connectivity index (χ3n) is 2.00. The smallest absolute Gasteiger partial charge is 0.359 e. The summed E-state index contributed by atoms with van der Waals surface area (Å²) in [6.45, 7) is 8.46. The fourth-order valence-electron chi connectivity index (χ4n) is 1.21. The second kappa shape index (κ2) is 6.11. The monoisotopic (exact) mass is 261 g/mol. The highest BCUT2D eigenvalue weighted by Gasteiger charge is 2.21. The quantitative estimate of drug-likeness (QED) is 0.548. The fraction of sp³-hybridized carbons (Fsp3) is 0.800. The van der Waals surface area contributed by atoms with Crippen LogP contribution < -0.4 is 10.0 Å². The molecule has 7 heteroatoms. The van der Waals surface area contributed by atoms with Crippen LogP contribution in [0.5, 0.6) is 0 Å². The van der Waals surface area contributed by atoms with E-state index in [-0.39, 0.29) is 4.75 Å². The van der Waals surface area contributed by atoms with Crippen molar-refractivity contribution in [2.75, 3.05) is 26.2 Å². The molecule has 2 amide bonds. The predicted octanol–water partition coefficient (Wildman–Crippen LogP) is 1.18. The first kappa shape index (κ1) is 14.1. The lowest BCUT2D eigenvalue weighted by Gasteiger charge is -2.26. The number of hydrogen-bond acceptors (Lipinski definition) is 5. The van der Waals surface area contributed by atoms with Gasteiger partial charge in [-0.15, -0.1) is 0 Å². The molecule has 0 aromatic rings. The Hall–Kier alpha value is -0.950. The summed E-state index contributed by atoms with van der Waals surface area (Å²) in [5.74, 6) is 0. The van der Waals surface area contributed by atoms with Gasteiger partial charge in [-0.2, -0.15) is 0 Å². The first-order valence-electron chi connectivity index (χ1n) is 5.54. The summed E-state index contributed by atoms with van der Waals surface area (Å²) in [5, 5.41) is 3.11. The molecule has 0 aromatic carbocycles. The Kier molecular flexibility index (Phi) is 5.07. The standard InChI is InChI=1S/C10H19N3O3S/c1-10(2,3)17-12-8(14)16-9(15)13-6-4-11-5-7-13/h11H,4-7H2,1-3H3,(H,12,14). The molecule has 0 bridgehead atoms. The van der Waals surface area contributed by atoms with Crippen LogP contribution >= 0.6 is 11.9 Å². The van der Waals surface area contributed by atoms with Crippen LogP contribution in [-0.2, 0) is 4.74 Å². The van der Waals surface area contributed by atoms with Gasteiger partial charge in [0.15, 0.2) is 0 Å². The van der Waals surface area contributed by atoms with E-state index in [4.69, 9.17) is 0 Å². The summed E-state index contributed by atoms with van der Waals surface area (Å²) < 4.78 is 7.04. The number of hydrogen-bond donors (Lipinski definition) is 2. The lowest BCUT2D eigenvalue weighted by molar-refractivity contribution is 0.116. The maximum atomic E-state index is 11.5. The summed E-state index contributed by atoms with van der Waals surface area (Å²) >= 11 is 1.22. The molecule has 0 radical (unpaired) electrons. The lowest BCUT2D eigenvalue weighted by Crippen LogP contribution is -2.47. The Morgan fingerprint density at radius 2 is 1.88 bits per heavy atom. The molecule has 1 saturated heterocycles. The third kappa shape index (κ3) is 5.78. The normalized spacial score (nSPS) is 16.5. The van der Waals surface area contributed by atoms with E-state index in [1.807, 2.05) is 20.8 Å². The summed E-state index contributed by atoms with van der Waals surface area (Å²) in [4.78, 5) is 24.4. The number of rotatable bonds is 1. The molecular formula is C10H19N3O3S. The van der Waals surface area contributed by atoms with Crippen molar-refractivity contribution in [3.8, 4) is 0 Å². The number of amides is 2. The van der Waals surface area contributed by atoms with Crippen LogP contribution in [0.15, 0.2) is 0 Å². The Bertz CT molecular complexity index is 285. The molecule has 0 atom stereocenters. The molecule has 0 aromatic heterocycles. The van der Waals surface area contributed by atoms with E-state index in [0.29, 0.717) is 13.1 Å². The molecule has 6 nitrogen and oxygen atoms in total. The van der Waals surface area contributed by atoms with Crippen molar-refractivity contribution in [2.24, 2.45) is 0 Å². The van der Waals surface area contributed by atoms with Gasteiger partial charge >= 0.3 is 12.2 Å². The van der Waals surface area contributed by atoms with Crippen LogP contribution in [-0.4, -0.2) is 48.0 Å². The van der Waals surface area contributed by atoms with Crippen molar-refractivity contribution in [1.82, 2.24) is 14.9 Å². The average molecular weight is 261 g/mol. The topological polar surface area (TPSA) is 70.7 Å². The van der Waals surface area contributed by atoms with Gasteiger partial charge in [0.2, 0.25) is 0 Å². The minimum absolute atomic E-state index is 0.114. The molecule has 1 fully saturated rings. The zero-order valence-electron chi connectivity index (χ0n) is 10.4. The number of carbonyl (C=O) groups is 2. The highest BCUT2D eigenvalue weighted by Crippen LogP contribution is 2.19. The number of ether oxygens (including phenoxy) is 1. The molecule has 1 aliphatic rings. The highest BCUT2D eigenvalue weighted by molar-refractivity contribution is 7.99. The SMILES string of the molecule is CC(C)(C)SNC(=O)OC(=O)N1CCNCC1. The van der Waals surface area contributed by atoms with Crippen molar-refractivity contribution in [1.29, 1.82) is 0 Å². The summed E-state index contributed by atoms with van der Waals surface area (Å²) in [6, 6.07) is 0. The van der Waals surface area contributed by atoms with Crippen molar-refractivity contribution in [3.63, 3.8) is 0 Å². The molecule has 98 valence electrons. The molecule has 1 aliphatic heterocycles. The van der Waals surface area contributed by atoms with Gasteiger partial charge in [0.1, 0.15) is 0 Å². The highest BCUT2D eigenvalue weighted by atomic mass is 32.2. The number of piperazine rings is 1. The van der Waals surface area contributed by atoms with E-state index < -0.39 is 12.2 Å². The number of carbonyl (C=O) groups excluding carboxylic acids is 2. The van der Waals surface area contributed by atoms with Gasteiger partial charge in [0, 0.05) is 30.9 Å². The first-order valence-corrected chi connectivity index (χ1v) is 6.35. The van der Waals surface area contributed by atoms with Crippen molar-refractivity contribution in [3.05, 3.63) is 0 Å². The van der Waals surface area contributed by atoms with Crippen LogP contribution in [0.3, 0.4) is 0 Å². The van der Waals surface area contributed by atoms with Crippen LogP contribution in [0.25, 0.3) is 0 Å². The zero-order chi connectivity index (χ0) is 12.9. The Balaban J connectivity index is 2.27. The van der Waals surface area contributed by atoms with E-state index in [9.17, 15) is 9.59 Å². The molecule has 0 spiro atoms. The molecule has 0 unspecified atom stereocenters. The van der Waals surface area contributed by atoms with E-state index in [0.717, 1.165) is 13.1 Å². The van der Waals surface area contributed by atoms with E-state index in [1.165, 1.54) is 16.8 Å². The van der Waals surface area contributed by atoms with Gasteiger partial charge in [-0.25, -0.2) is 9.59 Å². The van der Waals surface area contributed by atoms with Gasteiger partial charge in [0.05, 0.1) is 0 Å². The first-order chi connectivity index (χ1) is 7.88. The average Bonchev–Trinajstić information content (AvgIpc) is 2.27. The Morgan fingerprint density at radius 3 is 2.41 bits per heavy atom. The second-order valence-corrected chi connectivity index (χ2v) is 6.34. The molecule has 0 saturated carbocycles. The Morgan fingerprint density at radius 1 is 1.29 bits per heavy atom. The maximum absolute atomic E-state index is 11.5. The van der Waals surface area contributed by atoms with E-state index in [2.05, 4.69) is 14.8 Å². The van der Waals surface area contributed by atoms with E-state index in [1.54, 1.807) is 0 Å². The second-order valence-electron chi connectivity index (χ2n) is 4.71. The summed E-state index contributed by atoms with van der Waals surface area (Å²) in [6.07, 6.45) is -1.30. The molecular weight excluding hydrogens is 242 g/mol. The number of nitrogens with zero attached hydrogens (tertiary/aromatic N) is 1. The van der Waals surface area contributed by atoms with Gasteiger partial charge in [-0.3, -0.25) is 4.72 Å². The Labute approximate surface area is 106 Å². The van der Waals surface area contributed by atoms with Crippen molar-refractivity contribution >= 4 is 24.1 Å². The number of nitrogens with one attached hydrogen (secondary N) is 2. The van der Waals surface area contributed by atoms with Crippen LogP contribution in [0, 0.1) is 0 Å². The van der Waals surface area contributed by atoms with Crippen LogP contribution in [0.1, 0.15) is 20.8 Å². The minimum atomic E-state index is -0.714. The van der Waals surface area contributed by atoms with Gasteiger partial charge < -0.3 is 15.0 Å². The minimum Gasteiger partial charge on any atom is -0.359 e. The summed E-state index contributed by atoms with van der Waals surface area (Å²) in [5.41, 5.74) is 0. The lowest BCUT2D eigenvalue weighted by atomic mass is 10.3. The zero-order valence-corrected chi connectivity index (χ0v) is 11.2. The third-order valence-corrected chi connectivity index (χ3v) is 2.88. The molecule has 17 heavy (non-hydrogen) atoms. The predicted molar refractivity (Wildman–Crippen MR) is 66.8 cm³/mol. The van der Waals surface area contributed by atoms with Crippen molar-refractivity contribution in [2.45, 2.75) is 25.5 Å². The maximum Gasteiger partial charge on any atom is 0.426 e. The van der Waals surface area contributed by atoms with Crippen molar-refractivity contribution < 1.29 is 14.3 Å². The van der Waals surface area contributed by atoms with Gasteiger partial charge in [-0.1, -0.05) is 0 Å².